The molecule has 2 N–H and O–H groups in total. The van der Waals surface area contributed by atoms with Crippen LogP contribution in [-0.4, -0.2) is 31.8 Å². The van der Waals surface area contributed by atoms with Crippen molar-refractivity contribution in [3.8, 4) is 11.5 Å². The van der Waals surface area contributed by atoms with E-state index in [1.807, 2.05) is 0 Å². The average molecular weight is 356 g/mol. The molecule has 0 unspecified atom stereocenters. The highest BCUT2D eigenvalue weighted by Gasteiger charge is 2.14. The van der Waals surface area contributed by atoms with Gasteiger partial charge < -0.3 is 20.1 Å². The number of Topliss-reactive ketones (excluding diaryl/α,β-unsaturated/α-hetero) is 1. The molecule has 2 aromatic carbocycles. The molecule has 0 aromatic heterocycles. The van der Waals surface area contributed by atoms with Gasteiger partial charge in [-0.1, -0.05) is 6.07 Å². The van der Waals surface area contributed by atoms with E-state index >= 15 is 0 Å². The number of nitrogens with one attached hydrogen (secondary N) is 2. The summed E-state index contributed by atoms with van der Waals surface area (Å²) in [5.41, 5.74) is 1.72. The van der Waals surface area contributed by atoms with Gasteiger partial charge in [-0.05, 0) is 48.9 Å². The van der Waals surface area contributed by atoms with Crippen LogP contribution in [0, 0.1) is 0 Å². The molecule has 7 heteroatoms. The maximum absolute atomic E-state index is 11.9. The number of hydrogen-bond donors (Lipinski definition) is 2. The quantitative estimate of drug-likeness (QED) is 0.611. The van der Waals surface area contributed by atoms with Crippen LogP contribution < -0.4 is 20.1 Å². The number of rotatable bonds is 6. The molecule has 0 fully saturated rings. The summed E-state index contributed by atoms with van der Waals surface area (Å²) in [6.45, 7) is 1.62. The van der Waals surface area contributed by atoms with Gasteiger partial charge in [0.2, 0.25) is 0 Å². The highest BCUT2D eigenvalue weighted by atomic mass is 16.5. The van der Waals surface area contributed by atoms with Crippen molar-refractivity contribution in [2.45, 2.75) is 13.5 Å². The lowest BCUT2D eigenvalue weighted by Crippen LogP contribution is -2.34. The van der Waals surface area contributed by atoms with Crippen molar-refractivity contribution >= 4 is 23.3 Å². The number of amides is 2. The Morgan fingerprint density at radius 1 is 0.885 bits per heavy atom. The first-order valence-corrected chi connectivity index (χ1v) is 7.85. The van der Waals surface area contributed by atoms with Crippen LogP contribution in [0.5, 0.6) is 11.5 Å². The van der Waals surface area contributed by atoms with E-state index in [9.17, 15) is 14.4 Å². The van der Waals surface area contributed by atoms with Gasteiger partial charge in [0.15, 0.2) is 17.3 Å². The summed E-state index contributed by atoms with van der Waals surface area (Å²) in [4.78, 5) is 35.1. The molecule has 2 amide bonds. The smallest absolute Gasteiger partial charge is 0.313 e. The minimum Gasteiger partial charge on any atom is -0.493 e. The molecule has 0 spiro atoms. The molecule has 136 valence electrons. The summed E-state index contributed by atoms with van der Waals surface area (Å²) < 4.78 is 10.3. The van der Waals surface area contributed by atoms with Gasteiger partial charge in [0.1, 0.15) is 0 Å². The van der Waals surface area contributed by atoms with Crippen molar-refractivity contribution in [2.75, 3.05) is 19.5 Å². The van der Waals surface area contributed by atoms with Gasteiger partial charge in [-0.3, -0.25) is 14.4 Å². The average Bonchev–Trinajstić information content (AvgIpc) is 2.66. The van der Waals surface area contributed by atoms with Crippen LogP contribution in [0.1, 0.15) is 22.8 Å². The molecule has 0 bridgehead atoms. The minimum atomic E-state index is -0.791. The molecule has 0 aliphatic carbocycles. The number of ketones is 1. The van der Waals surface area contributed by atoms with E-state index < -0.39 is 11.8 Å². The van der Waals surface area contributed by atoms with Crippen LogP contribution in [-0.2, 0) is 16.1 Å². The molecule has 7 nitrogen and oxygen atoms in total. The SMILES string of the molecule is COc1ccc(CNC(=O)C(=O)Nc2ccc(C(C)=O)cc2)cc1OC. The summed E-state index contributed by atoms with van der Waals surface area (Å²) >= 11 is 0. The highest BCUT2D eigenvalue weighted by molar-refractivity contribution is 6.39. The Labute approximate surface area is 151 Å². The molecule has 0 radical (unpaired) electrons. The maximum atomic E-state index is 11.9. The van der Waals surface area contributed by atoms with Gasteiger partial charge in [0.05, 0.1) is 14.2 Å². The van der Waals surface area contributed by atoms with Crippen molar-refractivity contribution in [1.29, 1.82) is 0 Å². The maximum Gasteiger partial charge on any atom is 0.313 e. The standard InChI is InChI=1S/C19H20N2O5/c1-12(22)14-5-7-15(8-6-14)21-19(24)18(23)20-11-13-4-9-16(25-2)17(10-13)26-3/h4-10H,11H2,1-3H3,(H,20,23)(H,21,24). The fourth-order valence-electron chi connectivity index (χ4n) is 2.23. The van der Waals surface area contributed by atoms with E-state index in [1.54, 1.807) is 42.5 Å². The van der Waals surface area contributed by atoms with Gasteiger partial charge in [-0.15, -0.1) is 0 Å². The van der Waals surface area contributed by atoms with Gasteiger partial charge in [0.25, 0.3) is 0 Å². The highest BCUT2D eigenvalue weighted by Crippen LogP contribution is 2.27. The Hall–Kier alpha value is -3.35. The lowest BCUT2D eigenvalue weighted by molar-refractivity contribution is -0.136. The number of carbonyl (C=O) groups is 3. The molecule has 0 saturated carbocycles. The van der Waals surface area contributed by atoms with Crippen molar-refractivity contribution in [1.82, 2.24) is 5.32 Å². The number of ether oxygens (including phenoxy) is 2. The molecule has 0 saturated heterocycles. The Morgan fingerprint density at radius 2 is 1.54 bits per heavy atom. The molecule has 0 aliphatic rings. The molecular formula is C19H20N2O5. The zero-order valence-corrected chi connectivity index (χ0v) is 14.8. The van der Waals surface area contributed by atoms with Crippen molar-refractivity contribution in [3.63, 3.8) is 0 Å². The van der Waals surface area contributed by atoms with Crippen LogP contribution in [0.4, 0.5) is 5.69 Å². The summed E-state index contributed by atoms with van der Waals surface area (Å²) in [5, 5.41) is 5.01. The summed E-state index contributed by atoms with van der Waals surface area (Å²) in [7, 11) is 3.05. The molecule has 2 rings (SSSR count). The summed E-state index contributed by atoms with van der Waals surface area (Å²) in [5.74, 6) is -0.518. The molecule has 2 aromatic rings. The van der Waals surface area contributed by atoms with Gasteiger partial charge in [-0.25, -0.2) is 0 Å². The fourth-order valence-corrected chi connectivity index (χ4v) is 2.23. The Bertz CT molecular complexity index is 815. The van der Waals surface area contributed by atoms with E-state index in [0.717, 1.165) is 5.56 Å². The van der Waals surface area contributed by atoms with Crippen molar-refractivity contribution in [3.05, 3.63) is 53.6 Å². The molecule has 0 heterocycles. The largest absolute Gasteiger partial charge is 0.493 e. The number of carbonyl (C=O) groups excluding carboxylic acids is 3. The summed E-state index contributed by atoms with van der Waals surface area (Å²) in [6, 6.07) is 11.5. The van der Waals surface area contributed by atoms with Crippen LogP contribution >= 0.6 is 0 Å². The first-order chi connectivity index (χ1) is 12.4. The predicted molar refractivity (Wildman–Crippen MR) is 96.5 cm³/mol. The number of benzene rings is 2. The number of hydrogen-bond acceptors (Lipinski definition) is 5. The van der Waals surface area contributed by atoms with E-state index in [0.29, 0.717) is 22.7 Å². The fraction of sp³-hybridized carbons (Fsp3) is 0.211. The van der Waals surface area contributed by atoms with Crippen LogP contribution in [0.3, 0.4) is 0 Å². The second-order valence-electron chi connectivity index (χ2n) is 5.46. The number of methoxy groups -OCH3 is 2. The molecule has 0 atom stereocenters. The van der Waals surface area contributed by atoms with E-state index in [4.69, 9.17) is 9.47 Å². The molecule has 26 heavy (non-hydrogen) atoms. The Balaban J connectivity index is 1.93. The lowest BCUT2D eigenvalue weighted by atomic mass is 10.1. The first kappa shape index (κ1) is 19.0. The van der Waals surface area contributed by atoms with E-state index in [2.05, 4.69) is 10.6 Å². The zero-order valence-electron chi connectivity index (χ0n) is 14.8. The topological polar surface area (TPSA) is 93.7 Å². The van der Waals surface area contributed by atoms with Crippen molar-refractivity contribution < 1.29 is 23.9 Å². The van der Waals surface area contributed by atoms with Crippen LogP contribution in [0.15, 0.2) is 42.5 Å². The Kier molecular flexibility index (Phi) is 6.32. The second-order valence-corrected chi connectivity index (χ2v) is 5.46. The van der Waals surface area contributed by atoms with Crippen LogP contribution in [0.2, 0.25) is 0 Å². The monoisotopic (exact) mass is 356 g/mol. The molecular weight excluding hydrogens is 336 g/mol. The normalized spacial score (nSPS) is 9.96. The zero-order chi connectivity index (χ0) is 19.1. The van der Waals surface area contributed by atoms with E-state index in [1.165, 1.54) is 21.1 Å². The van der Waals surface area contributed by atoms with Crippen LogP contribution in [0.25, 0.3) is 0 Å². The second kappa shape index (κ2) is 8.66. The summed E-state index contributed by atoms with van der Waals surface area (Å²) in [6.07, 6.45) is 0. The van der Waals surface area contributed by atoms with Crippen molar-refractivity contribution in [2.24, 2.45) is 0 Å². The van der Waals surface area contributed by atoms with Gasteiger partial charge in [-0.2, -0.15) is 0 Å². The third-order valence-corrected chi connectivity index (χ3v) is 3.66. The number of anilines is 1. The first-order valence-electron chi connectivity index (χ1n) is 7.85. The Morgan fingerprint density at radius 3 is 2.12 bits per heavy atom. The third-order valence-electron chi connectivity index (χ3n) is 3.66. The van der Waals surface area contributed by atoms with E-state index in [-0.39, 0.29) is 12.3 Å². The lowest BCUT2D eigenvalue weighted by Gasteiger charge is -2.10. The minimum absolute atomic E-state index is 0.0736. The molecule has 0 aliphatic heterocycles. The predicted octanol–water partition coefficient (Wildman–Crippen LogP) is 2.16. The van der Waals surface area contributed by atoms with Gasteiger partial charge in [0, 0.05) is 17.8 Å². The van der Waals surface area contributed by atoms with Gasteiger partial charge >= 0.3 is 11.8 Å². The third kappa shape index (κ3) is 4.83.